The summed E-state index contributed by atoms with van der Waals surface area (Å²) in [4.78, 5) is 24.6. The van der Waals surface area contributed by atoms with Gasteiger partial charge in [0.2, 0.25) is 0 Å². The van der Waals surface area contributed by atoms with Crippen LogP contribution in [-0.2, 0) is 0 Å². The largest absolute Gasteiger partial charge is 0.451 e. The molecule has 0 unspecified atom stereocenters. The molecule has 0 saturated carbocycles. The topological polar surface area (TPSA) is 71.3 Å². The summed E-state index contributed by atoms with van der Waals surface area (Å²) >= 11 is 0. The van der Waals surface area contributed by atoms with Gasteiger partial charge in [-0.1, -0.05) is 24.3 Å². The van der Waals surface area contributed by atoms with Crippen molar-refractivity contribution in [2.75, 3.05) is 5.32 Å². The van der Waals surface area contributed by atoms with Gasteiger partial charge in [-0.05, 0) is 51.1 Å². The van der Waals surface area contributed by atoms with E-state index in [4.69, 9.17) is 4.42 Å². The lowest BCUT2D eigenvalue weighted by molar-refractivity contribution is 0.0918. The fraction of sp³-hybridized carbons (Fsp3) is 0.200. The second kappa shape index (κ2) is 6.43. The van der Waals surface area contributed by atoms with Gasteiger partial charge in [0.1, 0.15) is 5.58 Å². The van der Waals surface area contributed by atoms with E-state index >= 15 is 0 Å². The summed E-state index contributed by atoms with van der Waals surface area (Å²) in [6.07, 6.45) is 0. The lowest BCUT2D eigenvalue weighted by atomic mass is 10.1. The second-order valence-corrected chi connectivity index (χ2v) is 6.89. The van der Waals surface area contributed by atoms with Crippen LogP contribution in [-0.4, -0.2) is 17.4 Å². The summed E-state index contributed by atoms with van der Waals surface area (Å²) < 4.78 is 5.55. The number of carbonyl (C=O) groups excluding carboxylic acids is 2. The van der Waals surface area contributed by atoms with Gasteiger partial charge in [0.25, 0.3) is 11.8 Å². The predicted molar refractivity (Wildman–Crippen MR) is 97.8 cm³/mol. The van der Waals surface area contributed by atoms with Crippen molar-refractivity contribution in [2.24, 2.45) is 0 Å². The van der Waals surface area contributed by atoms with Crippen LogP contribution in [0.4, 0.5) is 5.69 Å². The highest BCUT2D eigenvalue weighted by molar-refractivity contribution is 6.05. The van der Waals surface area contributed by atoms with E-state index in [1.54, 1.807) is 30.3 Å². The molecule has 0 atom stereocenters. The first-order valence-corrected chi connectivity index (χ1v) is 8.04. The number of carbonyl (C=O) groups is 2. The highest BCUT2D eigenvalue weighted by atomic mass is 16.3. The third-order valence-electron chi connectivity index (χ3n) is 3.52. The lowest BCUT2D eigenvalue weighted by Gasteiger charge is -2.20. The van der Waals surface area contributed by atoms with Crippen molar-refractivity contribution in [1.29, 1.82) is 0 Å². The molecule has 25 heavy (non-hydrogen) atoms. The standard InChI is InChI=1S/C20H20N2O3/c1-20(2,3)22-18(23)14-8-6-9-15(11-14)21-19(24)17-12-13-7-4-5-10-16(13)25-17/h4-12H,1-3H3,(H,21,24)(H,22,23). The quantitative estimate of drug-likeness (QED) is 0.752. The van der Waals surface area contributed by atoms with Crippen molar-refractivity contribution in [3.63, 3.8) is 0 Å². The monoisotopic (exact) mass is 336 g/mol. The molecule has 5 heteroatoms. The number of anilines is 1. The first kappa shape index (κ1) is 16.8. The molecule has 0 radical (unpaired) electrons. The molecule has 0 aliphatic heterocycles. The zero-order valence-corrected chi connectivity index (χ0v) is 14.4. The molecule has 3 rings (SSSR count). The number of hydrogen-bond acceptors (Lipinski definition) is 3. The Labute approximate surface area is 146 Å². The molecule has 0 aliphatic carbocycles. The van der Waals surface area contributed by atoms with E-state index in [0.717, 1.165) is 5.39 Å². The summed E-state index contributed by atoms with van der Waals surface area (Å²) in [6.45, 7) is 5.74. The molecule has 1 aromatic heterocycles. The number of hydrogen-bond donors (Lipinski definition) is 2. The van der Waals surface area contributed by atoms with Crippen molar-refractivity contribution >= 4 is 28.5 Å². The minimum atomic E-state index is -0.357. The second-order valence-electron chi connectivity index (χ2n) is 6.89. The number of amides is 2. The van der Waals surface area contributed by atoms with E-state index in [9.17, 15) is 9.59 Å². The summed E-state index contributed by atoms with van der Waals surface area (Å²) in [7, 11) is 0. The average Bonchev–Trinajstić information content (AvgIpc) is 2.98. The van der Waals surface area contributed by atoms with E-state index in [-0.39, 0.29) is 23.1 Å². The van der Waals surface area contributed by atoms with Gasteiger partial charge < -0.3 is 15.1 Å². The zero-order valence-electron chi connectivity index (χ0n) is 14.4. The van der Waals surface area contributed by atoms with Gasteiger partial charge in [-0.3, -0.25) is 9.59 Å². The maximum atomic E-state index is 12.4. The van der Waals surface area contributed by atoms with E-state index in [1.807, 2.05) is 45.0 Å². The molecule has 2 aromatic carbocycles. The molecule has 0 aliphatic rings. The first-order chi connectivity index (χ1) is 11.8. The number of furan rings is 1. The van der Waals surface area contributed by atoms with Gasteiger partial charge in [0, 0.05) is 22.2 Å². The number of para-hydroxylation sites is 1. The molecule has 5 nitrogen and oxygen atoms in total. The van der Waals surface area contributed by atoms with E-state index in [2.05, 4.69) is 10.6 Å². The molecule has 2 amide bonds. The molecular formula is C20H20N2O3. The molecule has 0 fully saturated rings. The van der Waals surface area contributed by atoms with E-state index in [1.165, 1.54) is 0 Å². The van der Waals surface area contributed by atoms with Crippen molar-refractivity contribution in [1.82, 2.24) is 5.32 Å². The predicted octanol–water partition coefficient (Wildman–Crippen LogP) is 4.21. The molecule has 2 N–H and O–H groups in total. The lowest BCUT2D eigenvalue weighted by Crippen LogP contribution is -2.40. The first-order valence-electron chi connectivity index (χ1n) is 8.04. The van der Waals surface area contributed by atoms with Crippen LogP contribution in [0.5, 0.6) is 0 Å². The van der Waals surface area contributed by atoms with Crippen LogP contribution in [0.15, 0.2) is 59.0 Å². The number of rotatable bonds is 3. The Bertz CT molecular complexity index is 902. The third kappa shape index (κ3) is 4.07. The Hall–Kier alpha value is -3.08. The summed E-state index contributed by atoms with van der Waals surface area (Å²) in [5.74, 6) is -0.317. The summed E-state index contributed by atoms with van der Waals surface area (Å²) in [5, 5.41) is 6.53. The van der Waals surface area contributed by atoms with E-state index in [0.29, 0.717) is 16.8 Å². The Morgan fingerprint density at radius 2 is 1.68 bits per heavy atom. The Balaban J connectivity index is 1.77. The van der Waals surface area contributed by atoms with Crippen molar-refractivity contribution in [3.05, 3.63) is 65.9 Å². The normalized spacial score (nSPS) is 11.3. The highest BCUT2D eigenvalue weighted by Crippen LogP contribution is 2.20. The molecule has 0 bridgehead atoms. The minimum Gasteiger partial charge on any atom is -0.451 e. The zero-order chi connectivity index (χ0) is 18.0. The SMILES string of the molecule is CC(C)(C)NC(=O)c1cccc(NC(=O)c2cc3ccccc3o2)c1. The smallest absolute Gasteiger partial charge is 0.291 e. The van der Waals surface area contributed by atoms with Crippen LogP contribution >= 0.6 is 0 Å². The minimum absolute atomic E-state index is 0.188. The summed E-state index contributed by atoms with van der Waals surface area (Å²) in [6, 6.07) is 15.9. The van der Waals surface area contributed by atoms with Gasteiger partial charge in [-0.2, -0.15) is 0 Å². The van der Waals surface area contributed by atoms with Crippen LogP contribution in [0.3, 0.4) is 0 Å². The number of benzene rings is 2. The van der Waals surface area contributed by atoms with E-state index < -0.39 is 0 Å². The van der Waals surface area contributed by atoms with Crippen molar-refractivity contribution in [2.45, 2.75) is 26.3 Å². The summed E-state index contributed by atoms with van der Waals surface area (Å²) in [5.41, 5.74) is 1.35. The molecular weight excluding hydrogens is 316 g/mol. The van der Waals surface area contributed by atoms with Gasteiger partial charge in [0.05, 0.1) is 0 Å². The Kier molecular flexibility index (Phi) is 4.31. The maximum Gasteiger partial charge on any atom is 0.291 e. The van der Waals surface area contributed by atoms with Gasteiger partial charge >= 0.3 is 0 Å². The van der Waals surface area contributed by atoms with Crippen molar-refractivity contribution in [3.8, 4) is 0 Å². The number of nitrogens with one attached hydrogen (secondary N) is 2. The Morgan fingerprint density at radius 3 is 2.40 bits per heavy atom. The third-order valence-corrected chi connectivity index (χ3v) is 3.52. The van der Waals surface area contributed by atoms with Gasteiger partial charge in [-0.25, -0.2) is 0 Å². The van der Waals surface area contributed by atoms with Gasteiger partial charge in [-0.15, -0.1) is 0 Å². The fourth-order valence-electron chi connectivity index (χ4n) is 2.44. The van der Waals surface area contributed by atoms with Gasteiger partial charge in [0.15, 0.2) is 5.76 Å². The fourth-order valence-corrected chi connectivity index (χ4v) is 2.44. The Morgan fingerprint density at radius 1 is 0.920 bits per heavy atom. The number of fused-ring (bicyclic) bond motifs is 1. The van der Waals surface area contributed by atoms with Crippen LogP contribution in [0.25, 0.3) is 11.0 Å². The van der Waals surface area contributed by atoms with Crippen LogP contribution in [0.1, 0.15) is 41.7 Å². The molecule has 0 saturated heterocycles. The molecule has 3 aromatic rings. The van der Waals surface area contributed by atoms with Crippen LogP contribution < -0.4 is 10.6 Å². The average molecular weight is 336 g/mol. The highest BCUT2D eigenvalue weighted by Gasteiger charge is 2.16. The van der Waals surface area contributed by atoms with Crippen LogP contribution in [0.2, 0.25) is 0 Å². The molecule has 128 valence electrons. The maximum absolute atomic E-state index is 12.4. The molecule has 0 spiro atoms. The molecule has 1 heterocycles. The van der Waals surface area contributed by atoms with Crippen LogP contribution in [0, 0.1) is 0 Å². The van der Waals surface area contributed by atoms with Crippen molar-refractivity contribution < 1.29 is 14.0 Å².